The number of ether oxygens (including phenoxy) is 1. The van der Waals surface area contributed by atoms with Gasteiger partial charge in [0, 0.05) is 10.3 Å². The molecule has 1 aromatic carbocycles. The standard InChI is InChI=1S/C19H30N4O3S2/c1-18(2,3)26-17(25)22-14(19(4,5)27-6)15(24)23-16(28-21)13(20)12-10-8-7-9-11-12/h7-11,14H,20-21H2,1-6H3,(H,22,25)(H,23,24)/b16-13-. The van der Waals surface area contributed by atoms with Crippen molar-refractivity contribution in [2.24, 2.45) is 10.9 Å². The summed E-state index contributed by atoms with van der Waals surface area (Å²) in [7, 11) is 0. The minimum atomic E-state index is -0.872. The number of carbonyl (C=O) groups excluding carboxylic acids is 2. The first-order valence-electron chi connectivity index (χ1n) is 8.68. The summed E-state index contributed by atoms with van der Waals surface area (Å²) in [4.78, 5) is 25.3. The molecule has 2 amide bonds. The van der Waals surface area contributed by atoms with Gasteiger partial charge in [-0.15, -0.1) is 0 Å². The largest absolute Gasteiger partial charge is 0.444 e. The van der Waals surface area contributed by atoms with Crippen molar-refractivity contribution in [1.29, 1.82) is 0 Å². The average Bonchev–Trinajstić information content (AvgIpc) is 2.62. The second-order valence-corrected chi connectivity index (χ2v) is 9.71. The second-order valence-electron chi connectivity index (χ2n) is 7.60. The van der Waals surface area contributed by atoms with E-state index in [1.54, 1.807) is 20.8 Å². The summed E-state index contributed by atoms with van der Waals surface area (Å²) in [5.41, 5.74) is 6.57. The molecule has 156 valence electrons. The van der Waals surface area contributed by atoms with Gasteiger partial charge >= 0.3 is 6.09 Å². The monoisotopic (exact) mass is 426 g/mol. The zero-order valence-electron chi connectivity index (χ0n) is 17.2. The van der Waals surface area contributed by atoms with Gasteiger partial charge in [-0.05, 0) is 52.8 Å². The molecule has 0 heterocycles. The summed E-state index contributed by atoms with van der Waals surface area (Å²) in [6, 6.07) is 8.31. The summed E-state index contributed by atoms with van der Waals surface area (Å²) in [5, 5.41) is 11.5. The second kappa shape index (κ2) is 10.1. The number of amides is 2. The molecule has 0 aliphatic rings. The van der Waals surface area contributed by atoms with Crippen molar-refractivity contribution in [3.8, 4) is 0 Å². The molecule has 1 aromatic rings. The average molecular weight is 427 g/mol. The smallest absolute Gasteiger partial charge is 0.408 e. The lowest BCUT2D eigenvalue weighted by molar-refractivity contribution is -0.122. The van der Waals surface area contributed by atoms with Crippen LogP contribution in [-0.2, 0) is 9.53 Å². The Labute approximate surface area is 175 Å². The lowest BCUT2D eigenvalue weighted by Gasteiger charge is -2.33. The predicted molar refractivity (Wildman–Crippen MR) is 118 cm³/mol. The Bertz CT molecular complexity index is 716. The summed E-state index contributed by atoms with van der Waals surface area (Å²) >= 11 is 2.28. The number of thioether (sulfide) groups is 1. The van der Waals surface area contributed by atoms with E-state index < -0.39 is 28.4 Å². The van der Waals surface area contributed by atoms with Gasteiger partial charge in [-0.3, -0.25) is 9.93 Å². The number of nitrogens with two attached hydrogens (primary N) is 2. The third-order valence-corrected chi connectivity index (χ3v) is 5.67. The Morgan fingerprint density at radius 1 is 1.11 bits per heavy atom. The topological polar surface area (TPSA) is 119 Å². The van der Waals surface area contributed by atoms with Gasteiger partial charge in [-0.25, -0.2) is 4.79 Å². The summed E-state index contributed by atoms with van der Waals surface area (Å²) in [5.74, 6) is -0.433. The third kappa shape index (κ3) is 7.29. The summed E-state index contributed by atoms with van der Waals surface area (Å²) in [6.07, 6.45) is 1.20. The van der Waals surface area contributed by atoms with Crippen LogP contribution in [0.5, 0.6) is 0 Å². The number of rotatable bonds is 7. The lowest BCUT2D eigenvalue weighted by atomic mass is 10.0. The number of nitrogens with one attached hydrogen (secondary N) is 2. The molecule has 1 atom stereocenters. The maximum Gasteiger partial charge on any atom is 0.408 e. The Balaban J connectivity index is 3.10. The number of hydrogen-bond acceptors (Lipinski definition) is 7. The maximum absolute atomic E-state index is 13.0. The Morgan fingerprint density at radius 2 is 1.68 bits per heavy atom. The van der Waals surface area contributed by atoms with Gasteiger partial charge in [0.05, 0.1) is 5.70 Å². The van der Waals surface area contributed by atoms with Crippen LogP contribution in [-0.4, -0.2) is 34.6 Å². The molecule has 0 aromatic heterocycles. The molecule has 0 saturated heterocycles. The molecule has 6 N–H and O–H groups in total. The molecular weight excluding hydrogens is 396 g/mol. The molecule has 0 fully saturated rings. The van der Waals surface area contributed by atoms with Gasteiger partial charge in [0.15, 0.2) is 0 Å². The van der Waals surface area contributed by atoms with E-state index in [9.17, 15) is 9.59 Å². The highest BCUT2D eigenvalue weighted by molar-refractivity contribution is 8.01. The Morgan fingerprint density at radius 3 is 2.14 bits per heavy atom. The normalized spacial score (nSPS) is 14.0. The molecule has 0 saturated carbocycles. The molecule has 1 rings (SSSR count). The molecular formula is C19H30N4O3S2. The quantitative estimate of drug-likeness (QED) is 0.495. The number of alkyl carbamates (subject to hydrolysis) is 1. The molecule has 0 aliphatic carbocycles. The third-order valence-electron chi connectivity index (χ3n) is 3.83. The van der Waals surface area contributed by atoms with Gasteiger partial charge in [-0.1, -0.05) is 30.3 Å². The van der Waals surface area contributed by atoms with Gasteiger partial charge < -0.3 is 21.1 Å². The van der Waals surface area contributed by atoms with Gasteiger partial charge in [0.25, 0.3) is 0 Å². The number of carbonyl (C=O) groups is 2. The van der Waals surface area contributed by atoms with E-state index in [0.717, 1.165) is 17.5 Å². The van der Waals surface area contributed by atoms with Gasteiger partial charge in [0.1, 0.15) is 16.7 Å². The van der Waals surface area contributed by atoms with Crippen molar-refractivity contribution in [2.45, 2.75) is 51.0 Å². The van der Waals surface area contributed by atoms with E-state index in [2.05, 4.69) is 10.6 Å². The number of benzene rings is 1. The molecule has 1 unspecified atom stereocenters. The molecule has 9 heteroatoms. The zero-order chi connectivity index (χ0) is 21.5. The van der Waals surface area contributed by atoms with E-state index >= 15 is 0 Å². The highest BCUT2D eigenvalue weighted by atomic mass is 32.2. The van der Waals surface area contributed by atoms with Crippen molar-refractivity contribution in [3.05, 3.63) is 40.9 Å². The van der Waals surface area contributed by atoms with Crippen molar-refractivity contribution in [2.75, 3.05) is 6.26 Å². The van der Waals surface area contributed by atoms with Crippen molar-refractivity contribution in [3.63, 3.8) is 0 Å². The number of hydrogen-bond donors (Lipinski definition) is 4. The van der Waals surface area contributed by atoms with E-state index in [1.807, 2.05) is 50.4 Å². The Kier molecular flexibility index (Phi) is 8.72. The van der Waals surface area contributed by atoms with Crippen LogP contribution in [0.4, 0.5) is 4.79 Å². The van der Waals surface area contributed by atoms with E-state index in [4.69, 9.17) is 15.6 Å². The zero-order valence-corrected chi connectivity index (χ0v) is 18.8. The minimum absolute atomic E-state index is 0.309. The van der Waals surface area contributed by atoms with Crippen molar-refractivity contribution < 1.29 is 14.3 Å². The first-order chi connectivity index (χ1) is 12.9. The van der Waals surface area contributed by atoms with Crippen LogP contribution < -0.4 is 21.5 Å². The molecule has 0 spiro atoms. The van der Waals surface area contributed by atoms with Gasteiger partial charge in [0.2, 0.25) is 5.91 Å². The van der Waals surface area contributed by atoms with Crippen LogP contribution in [0.2, 0.25) is 0 Å². The summed E-state index contributed by atoms with van der Waals surface area (Å²) < 4.78 is 4.70. The SMILES string of the molecule is CSC(C)(C)C(NC(=O)OC(C)(C)C)C(=O)N/C(SN)=C(/N)c1ccccc1. The fourth-order valence-corrected chi connectivity index (χ4v) is 3.00. The van der Waals surface area contributed by atoms with Crippen LogP contribution >= 0.6 is 23.7 Å². The molecule has 0 aliphatic heterocycles. The van der Waals surface area contributed by atoms with Crippen molar-refractivity contribution in [1.82, 2.24) is 10.6 Å². The molecule has 0 radical (unpaired) electrons. The highest BCUT2D eigenvalue weighted by Crippen LogP contribution is 2.27. The molecule has 0 bridgehead atoms. The Hall–Kier alpha value is -1.84. The maximum atomic E-state index is 13.0. The fourth-order valence-electron chi connectivity index (χ4n) is 2.19. The highest BCUT2D eigenvalue weighted by Gasteiger charge is 2.37. The predicted octanol–water partition coefficient (Wildman–Crippen LogP) is 3.03. The van der Waals surface area contributed by atoms with E-state index in [0.29, 0.717) is 10.7 Å². The first-order valence-corrected chi connectivity index (χ1v) is 10.8. The van der Waals surface area contributed by atoms with Crippen LogP contribution in [0.3, 0.4) is 0 Å². The van der Waals surface area contributed by atoms with E-state index in [-0.39, 0.29) is 0 Å². The summed E-state index contributed by atoms with van der Waals surface area (Å²) in [6.45, 7) is 8.99. The van der Waals surface area contributed by atoms with Crippen LogP contribution in [0.15, 0.2) is 35.4 Å². The van der Waals surface area contributed by atoms with Crippen molar-refractivity contribution >= 4 is 41.4 Å². The van der Waals surface area contributed by atoms with Crippen LogP contribution in [0.1, 0.15) is 40.2 Å². The fraction of sp³-hybridized carbons (Fsp3) is 0.474. The first kappa shape index (κ1) is 24.2. The lowest BCUT2D eigenvalue weighted by Crippen LogP contribution is -2.56. The van der Waals surface area contributed by atoms with Crippen LogP contribution in [0.25, 0.3) is 5.70 Å². The van der Waals surface area contributed by atoms with Gasteiger partial charge in [-0.2, -0.15) is 11.8 Å². The van der Waals surface area contributed by atoms with Crippen LogP contribution in [0, 0.1) is 0 Å². The molecule has 7 nitrogen and oxygen atoms in total. The minimum Gasteiger partial charge on any atom is -0.444 e. The van der Waals surface area contributed by atoms with E-state index in [1.165, 1.54) is 11.8 Å². The molecule has 28 heavy (non-hydrogen) atoms.